The number of rotatable bonds is 2. The van der Waals surface area contributed by atoms with Crippen LogP contribution in [0.1, 0.15) is 48.6 Å². The molecule has 0 amide bonds. The molecule has 0 N–H and O–H groups in total. The molecule has 0 radical (unpaired) electrons. The van der Waals surface area contributed by atoms with Crippen LogP contribution in [0.3, 0.4) is 0 Å². The van der Waals surface area contributed by atoms with Crippen LogP contribution in [0.5, 0.6) is 0 Å². The van der Waals surface area contributed by atoms with E-state index < -0.39 is 0 Å². The number of hydrogen-bond acceptors (Lipinski definition) is 0. The molecule has 3 aromatic rings. The maximum atomic E-state index is 2.42. The van der Waals surface area contributed by atoms with Gasteiger partial charge in [-0.2, -0.15) is 0 Å². The SMILES string of the molecule is Cc1ccccc1-c1c(C(C)(C)C)ccc2c1C=C(c1ccccc1)C2. The van der Waals surface area contributed by atoms with E-state index in [0.717, 1.165) is 6.42 Å². The largest absolute Gasteiger partial charge is 0.0622 e. The summed E-state index contributed by atoms with van der Waals surface area (Å²) in [4.78, 5) is 0. The molecule has 0 unspecified atom stereocenters. The Kier molecular flexibility index (Phi) is 4.07. The summed E-state index contributed by atoms with van der Waals surface area (Å²) in [5.41, 5.74) is 11.2. The van der Waals surface area contributed by atoms with E-state index in [0.29, 0.717) is 0 Å². The molecule has 0 aliphatic heterocycles. The monoisotopic (exact) mass is 338 g/mol. The molecule has 0 heteroatoms. The minimum Gasteiger partial charge on any atom is -0.0622 e. The lowest BCUT2D eigenvalue weighted by Crippen LogP contribution is -2.14. The predicted octanol–water partition coefficient (Wildman–Crippen LogP) is 7.06. The number of hydrogen-bond donors (Lipinski definition) is 0. The zero-order chi connectivity index (χ0) is 18.3. The molecular formula is C26H26. The second-order valence-electron chi connectivity index (χ2n) is 8.34. The van der Waals surface area contributed by atoms with E-state index in [1.807, 2.05) is 0 Å². The van der Waals surface area contributed by atoms with Crippen molar-refractivity contribution in [3.8, 4) is 11.1 Å². The first kappa shape index (κ1) is 16.8. The molecular weight excluding hydrogens is 312 g/mol. The molecule has 0 fully saturated rings. The van der Waals surface area contributed by atoms with Crippen molar-refractivity contribution in [2.24, 2.45) is 0 Å². The molecule has 1 aliphatic rings. The van der Waals surface area contributed by atoms with Gasteiger partial charge < -0.3 is 0 Å². The van der Waals surface area contributed by atoms with Gasteiger partial charge in [-0.15, -0.1) is 0 Å². The average Bonchev–Trinajstić information content (AvgIpc) is 3.06. The Bertz CT molecular complexity index is 982. The summed E-state index contributed by atoms with van der Waals surface area (Å²) in [6.07, 6.45) is 3.43. The van der Waals surface area contributed by atoms with E-state index in [-0.39, 0.29) is 5.41 Å². The smallest absolute Gasteiger partial charge is 0.00134 e. The highest BCUT2D eigenvalue weighted by molar-refractivity contribution is 5.95. The second kappa shape index (κ2) is 6.29. The van der Waals surface area contributed by atoms with Crippen LogP contribution in [-0.4, -0.2) is 0 Å². The standard InChI is InChI=1S/C26H26/c1-18-10-8-9-13-22(18)25-23-17-21(19-11-6-5-7-12-19)16-20(23)14-15-24(25)26(2,3)4/h5-15,17H,16H2,1-4H3. The van der Waals surface area contributed by atoms with Gasteiger partial charge in [0.05, 0.1) is 0 Å². The van der Waals surface area contributed by atoms with Gasteiger partial charge in [0.15, 0.2) is 0 Å². The van der Waals surface area contributed by atoms with Gasteiger partial charge in [0.2, 0.25) is 0 Å². The lowest BCUT2D eigenvalue weighted by Gasteiger charge is -2.26. The highest BCUT2D eigenvalue weighted by atomic mass is 14.3. The van der Waals surface area contributed by atoms with Crippen LogP contribution in [0.15, 0.2) is 66.7 Å². The summed E-state index contributed by atoms with van der Waals surface area (Å²) in [6, 6.07) is 24.2. The van der Waals surface area contributed by atoms with Gasteiger partial charge in [-0.05, 0) is 69.4 Å². The fraction of sp³-hybridized carbons (Fsp3) is 0.231. The van der Waals surface area contributed by atoms with Crippen molar-refractivity contribution in [2.75, 3.05) is 0 Å². The molecule has 130 valence electrons. The lowest BCUT2D eigenvalue weighted by atomic mass is 9.78. The van der Waals surface area contributed by atoms with Crippen molar-refractivity contribution in [1.82, 2.24) is 0 Å². The van der Waals surface area contributed by atoms with E-state index in [9.17, 15) is 0 Å². The molecule has 0 nitrogen and oxygen atoms in total. The lowest BCUT2D eigenvalue weighted by molar-refractivity contribution is 0.591. The zero-order valence-electron chi connectivity index (χ0n) is 16.1. The molecule has 0 spiro atoms. The van der Waals surface area contributed by atoms with Crippen molar-refractivity contribution < 1.29 is 0 Å². The van der Waals surface area contributed by atoms with Gasteiger partial charge in [0, 0.05) is 0 Å². The minimum atomic E-state index is 0.107. The summed E-state index contributed by atoms with van der Waals surface area (Å²) in [5.74, 6) is 0. The molecule has 0 saturated carbocycles. The third kappa shape index (κ3) is 2.90. The Balaban J connectivity index is 1.97. The normalized spacial score (nSPS) is 13.5. The fourth-order valence-corrected chi connectivity index (χ4v) is 4.02. The Labute approximate surface area is 157 Å². The van der Waals surface area contributed by atoms with Gasteiger partial charge in [0.25, 0.3) is 0 Å². The van der Waals surface area contributed by atoms with Gasteiger partial charge in [-0.25, -0.2) is 0 Å². The van der Waals surface area contributed by atoms with Crippen LogP contribution >= 0.6 is 0 Å². The maximum Gasteiger partial charge on any atom is -0.00134 e. The number of fused-ring (bicyclic) bond motifs is 1. The van der Waals surface area contributed by atoms with Gasteiger partial charge >= 0.3 is 0 Å². The van der Waals surface area contributed by atoms with Gasteiger partial charge in [-0.3, -0.25) is 0 Å². The quantitative estimate of drug-likeness (QED) is 0.469. The molecule has 0 saturated heterocycles. The van der Waals surface area contributed by atoms with Gasteiger partial charge in [-0.1, -0.05) is 87.5 Å². The fourth-order valence-electron chi connectivity index (χ4n) is 4.02. The summed E-state index contributed by atoms with van der Waals surface area (Å²) in [5, 5.41) is 0. The average molecular weight is 338 g/mol. The van der Waals surface area contributed by atoms with Crippen LogP contribution in [0, 0.1) is 6.92 Å². The van der Waals surface area contributed by atoms with Crippen LogP contribution < -0.4 is 0 Å². The predicted molar refractivity (Wildman–Crippen MR) is 113 cm³/mol. The van der Waals surface area contributed by atoms with E-state index in [1.54, 1.807) is 0 Å². The zero-order valence-corrected chi connectivity index (χ0v) is 16.1. The summed E-state index contributed by atoms with van der Waals surface area (Å²) in [7, 11) is 0. The van der Waals surface area contributed by atoms with Crippen molar-refractivity contribution in [2.45, 2.75) is 39.5 Å². The molecule has 0 bridgehead atoms. The second-order valence-corrected chi connectivity index (χ2v) is 8.34. The Morgan fingerprint density at radius 1 is 0.769 bits per heavy atom. The topological polar surface area (TPSA) is 0 Å². The summed E-state index contributed by atoms with van der Waals surface area (Å²) < 4.78 is 0. The first-order chi connectivity index (χ1) is 12.4. The first-order valence-corrected chi connectivity index (χ1v) is 9.43. The molecule has 26 heavy (non-hydrogen) atoms. The number of aryl methyl sites for hydroxylation is 1. The van der Waals surface area contributed by atoms with Crippen molar-refractivity contribution in [1.29, 1.82) is 0 Å². The van der Waals surface area contributed by atoms with E-state index in [4.69, 9.17) is 0 Å². The molecule has 1 aliphatic carbocycles. The molecule has 0 atom stereocenters. The van der Waals surface area contributed by atoms with Crippen molar-refractivity contribution in [3.05, 3.63) is 94.5 Å². The molecule has 0 aromatic heterocycles. The van der Waals surface area contributed by atoms with Crippen molar-refractivity contribution in [3.63, 3.8) is 0 Å². The van der Waals surface area contributed by atoms with E-state index in [2.05, 4.69) is 101 Å². The van der Waals surface area contributed by atoms with Crippen LogP contribution in [0.4, 0.5) is 0 Å². The van der Waals surface area contributed by atoms with E-state index in [1.165, 1.54) is 44.5 Å². The molecule has 3 aromatic carbocycles. The minimum absolute atomic E-state index is 0.107. The maximum absolute atomic E-state index is 2.42. The van der Waals surface area contributed by atoms with E-state index >= 15 is 0 Å². The third-order valence-electron chi connectivity index (χ3n) is 5.40. The number of benzene rings is 3. The van der Waals surface area contributed by atoms with Gasteiger partial charge in [0.1, 0.15) is 0 Å². The van der Waals surface area contributed by atoms with Crippen molar-refractivity contribution >= 4 is 11.6 Å². The summed E-state index contributed by atoms with van der Waals surface area (Å²) >= 11 is 0. The van der Waals surface area contributed by atoms with Crippen LogP contribution in [0.2, 0.25) is 0 Å². The van der Waals surface area contributed by atoms with Crippen LogP contribution in [0.25, 0.3) is 22.8 Å². The molecule has 0 heterocycles. The Hall–Kier alpha value is -2.60. The molecule has 4 rings (SSSR count). The highest BCUT2D eigenvalue weighted by Gasteiger charge is 2.26. The van der Waals surface area contributed by atoms with Crippen LogP contribution in [-0.2, 0) is 11.8 Å². The first-order valence-electron chi connectivity index (χ1n) is 9.43. The number of allylic oxidation sites excluding steroid dienone is 1. The third-order valence-corrected chi connectivity index (χ3v) is 5.40. The highest BCUT2D eigenvalue weighted by Crippen LogP contribution is 2.43. The summed E-state index contributed by atoms with van der Waals surface area (Å²) in [6.45, 7) is 9.16. The Morgan fingerprint density at radius 2 is 1.46 bits per heavy atom. The Morgan fingerprint density at radius 3 is 2.15 bits per heavy atom.